The van der Waals surface area contributed by atoms with E-state index in [9.17, 15) is 14.4 Å². The molecule has 0 saturated carbocycles. The smallest absolute Gasteiger partial charge is 0.154 e. The van der Waals surface area contributed by atoms with Crippen LogP contribution in [0.1, 0.15) is 30.4 Å². The van der Waals surface area contributed by atoms with Crippen molar-refractivity contribution >= 4 is 5.78 Å². The average molecular weight is 391 g/mol. The van der Waals surface area contributed by atoms with Crippen LogP contribution < -0.4 is 5.73 Å². The van der Waals surface area contributed by atoms with Crippen molar-refractivity contribution in [3.63, 3.8) is 0 Å². The van der Waals surface area contributed by atoms with Gasteiger partial charge in [0.25, 0.3) is 0 Å². The van der Waals surface area contributed by atoms with Crippen LogP contribution in [0.25, 0.3) is 11.1 Å². The number of ether oxygens (including phenoxy) is 1. The lowest BCUT2D eigenvalue weighted by molar-refractivity contribution is -0.128. The minimum Gasteiger partial charge on any atom is -0.381 e. The Kier molecular flexibility index (Phi) is 6.39. The van der Waals surface area contributed by atoms with E-state index in [-0.39, 0.29) is 17.8 Å². The van der Waals surface area contributed by atoms with Gasteiger partial charge in [-0.05, 0) is 48.1 Å². The minimum absolute atomic E-state index is 0.00143. The van der Waals surface area contributed by atoms with Gasteiger partial charge < -0.3 is 10.5 Å². The molecule has 29 heavy (non-hydrogen) atoms. The molecule has 5 nitrogen and oxygen atoms in total. The number of benzene rings is 2. The first kappa shape index (κ1) is 20.7. The summed E-state index contributed by atoms with van der Waals surface area (Å²) in [5.74, 6) is -1.08. The van der Waals surface area contributed by atoms with Crippen LogP contribution in [0.5, 0.6) is 0 Å². The van der Waals surface area contributed by atoms with Crippen LogP contribution >= 0.6 is 0 Å². The molecule has 148 valence electrons. The van der Waals surface area contributed by atoms with Crippen LogP contribution in [-0.2, 0) is 16.0 Å². The molecule has 2 aromatic carbocycles. The molecule has 0 radical (unpaired) electrons. The van der Waals surface area contributed by atoms with Crippen molar-refractivity contribution in [2.45, 2.75) is 31.2 Å². The highest BCUT2D eigenvalue weighted by Gasteiger charge is 2.36. The summed E-state index contributed by atoms with van der Waals surface area (Å²) in [6, 6.07) is 16.0. The van der Waals surface area contributed by atoms with Gasteiger partial charge in [0.05, 0.1) is 23.1 Å². The molecule has 1 fully saturated rings. The molecule has 1 aliphatic rings. The molecular weight excluding hydrogens is 369 g/mol. The van der Waals surface area contributed by atoms with Crippen molar-refractivity contribution < 1.29 is 13.9 Å². The van der Waals surface area contributed by atoms with Gasteiger partial charge in [-0.1, -0.05) is 30.3 Å². The van der Waals surface area contributed by atoms with E-state index in [2.05, 4.69) is 6.07 Å². The van der Waals surface area contributed by atoms with E-state index in [0.717, 1.165) is 16.7 Å². The van der Waals surface area contributed by atoms with E-state index in [1.54, 1.807) is 6.07 Å². The van der Waals surface area contributed by atoms with Crippen molar-refractivity contribution in [3.05, 3.63) is 59.4 Å². The third-order valence-corrected chi connectivity index (χ3v) is 5.41. The zero-order chi connectivity index (χ0) is 20.9. The number of hydrogen-bond donors (Lipinski definition) is 1. The first-order valence-electron chi connectivity index (χ1n) is 9.54. The van der Waals surface area contributed by atoms with E-state index in [4.69, 9.17) is 15.7 Å². The summed E-state index contributed by atoms with van der Waals surface area (Å²) in [6.07, 6.45) is 1.54. The largest absolute Gasteiger partial charge is 0.381 e. The van der Waals surface area contributed by atoms with Gasteiger partial charge in [0.1, 0.15) is 11.9 Å². The number of nitrogens with two attached hydrogens (primary N) is 1. The lowest BCUT2D eigenvalue weighted by Gasteiger charge is -2.32. The van der Waals surface area contributed by atoms with Gasteiger partial charge in [-0.2, -0.15) is 10.5 Å². The van der Waals surface area contributed by atoms with Gasteiger partial charge >= 0.3 is 0 Å². The molecule has 0 bridgehead atoms. The van der Waals surface area contributed by atoms with E-state index < -0.39 is 17.3 Å². The number of ketones is 1. The van der Waals surface area contributed by atoms with Gasteiger partial charge in [-0.3, -0.25) is 4.79 Å². The van der Waals surface area contributed by atoms with Crippen molar-refractivity contribution in [2.75, 3.05) is 13.2 Å². The van der Waals surface area contributed by atoms with Gasteiger partial charge in [0, 0.05) is 19.6 Å². The minimum atomic E-state index is -0.891. The number of rotatable bonds is 6. The zero-order valence-corrected chi connectivity index (χ0v) is 16.0. The first-order chi connectivity index (χ1) is 13.9. The Morgan fingerprint density at radius 2 is 1.79 bits per heavy atom. The number of carbonyl (C=O) groups is 1. The third kappa shape index (κ3) is 4.86. The topological polar surface area (TPSA) is 99.9 Å². The Bertz CT molecular complexity index is 967. The van der Waals surface area contributed by atoms with Crippen LogP contribution in [0.3, 0.4) is 0 Å². The molecule has 6 heteroatoms. The highest BCUT2D eigenvalue weighted by atomic mass is 19.1. The van der Waals surface area contributed by atoms with Crippen molar-refractivity contribution in [1.29, 1.82) is 10.5 Å². The van der Waals surface area contributed by atoms with Crippen LogP contribution in [0, 0.1) is 34.4 Å². The van der Waals surface area contributed by atoms with E-state index in [0.29, 0.717) is 32.5 Å². The number of carbonyl (C=O) groups excluding carboxylic acids is 1. The summed E-state index contributed by atoms with van der Waals surface area (Å²) >= 11 is 0. The lowest BCUT2D eigenvalue weighted by Crippen LogP contribution is -2.52. The Hall–Kier alpha value is -3.06. The van der Waals surface area contributed by atoms with Gasteiger partial charge in [0.15, 0.2) is 5.78 Å². The van der Waals surface area contributed by atoms with Crippen molar-refractivity contribution in [2.24, 2.45) is 11.7 Å². The number of hydrogen-bond acceptors (Lipinski definition) is 5. The van der Waals surface area contributed by atoms with Crippen LogP contribution in [-0.4, -0.2) is 24.5 Å². The molecule has 1 atom stereocenters. The highest BCUT2D eigenvalue weighted by Crippen LogP contribution is 2.25. The van der Waals surface area contributed by atoms with Crippen LogP contribution in [0.4, 0.5) is 4.39 Å². The summed E-state index contributed by atoms with van der Waals surface area (Å²) < 4.78 is 18.8. The number of Topliss-reactive ketones (excluding diaryl/α,β-unsaturated/α-hetero) is 1. The molecule has 1 aliphatic heterocycles. The first-order valence-corrected chi connectivity index (χ1v) is 9.54. The molecule has 0 unspecified atom stereocenters. The fourth-order valence-corrected chi connectivity index (χ4v) is 3.51. The Labute approximate surface area is 169 Å². The molecule has 2 aromatic rings. The number of nitrogens with zero attached hydrogens (tertiary/aromatic N) is 2. The number of nitriles is 2. The average Bonchev–Trinajstić information content (AvgIpc) is 2.74. The summed E-state index contributed by atoms with van der Waals surface area (Å²) in [7, 11) is 0. The maximum atomic E-state index is 13.5. The fraction of sp³-hybridized carbons (Fsp3) is 0.348. The highest BCUT2D eigenvalue weighted by molar-refractivity contribution is 5.88. The normalized spacial score (nSPS) is 16.4. The standard InChI is InChI=1S/C23H22FN3O2/c24-21-6-5-19(13-20(21)15-26)18-3-1-16(2-4-18)11-17(14-25)12-22(28)23(27)7-9-29-10-8-23/h1-6,13,17H,7-12,27H2/t17-/m1/s1. The zero-order valence-electron chi connectivity index (χ0n) is 16.0. The Morgan fingerprint density at radius 1 is 1.14 bits per heavy atom. The van der Waals surface area contributed by atoms with E-state index in [1.165, 1.54) is 12.1 Å². The monoisotopic (exact) mass is 391 g/mol. The summed E-state index contributed by atoms with van der Waals surface area (Å²) in [5.41, 5.74) is 7.85. The molecule has 1 heterocycles. The third-order valence-electron chi connectivity index (χ3n) is 5.41. The molecule has 3 rings (SSSR count). The van der Waals surface area contributed by atoms with Crippen LogP contribution in [0.15, 0.2) is 42.5 Å². The molecular formula is C23H22FN3O2. The van der Waals surface area contributed by atoms with Crippen molar-refractivity contribution in [3.8, 4) is 23.3 Å². The molecule has 0 aromatic heterocycles. The summed E-state index contributed by atoms with van der Waals surface area (Å²) in [4.78, 5) is 12.6. The predicted octanol–water partition coefficient (Wildman–Crippen LogP) is 3.51. The Balaban J connectivity index is 1.67. The molecule has 0 aliphatic carbocycles. The van der Waals surface area contributed by atoms with E-state index >= 15 is 0 Å². The number of halogens is 1. The summed E-state index contributed by atoms with van der Waals surface area (Å²) in [5, 5.41) is 18.5. The fourth-order valence-electron chi connectivity index (χ4n) is 3.51. The SMILES string of the molecule is N#Cc1cc(-c2ccc(C[C@@H](C#N)CC(=O)C3(N)CCOCC3)cc2)ccc1F. The lowest BCUT2D eigenvalue weighted by atomic mass is 9.81. The molecule has 0 amide bonds. The van der Waals surface area contributed by atoms with Gasteiger partial charge in [0.2, 0.25) is 0 Å². The van der Waals surface area contributed by atoms with Gasteiger partial charge in [-0.15, -0.1) is 0 Å². The van der Waals surface area contributed by atoms with Crippen LogP contribution in [0.2, 0.25) is 0 Å². The predicted molar refractivity (Wildman–Crippen MR) is 106 cm³/mol. The van der Waals surface area contributed by atoms with E-state index in [1.807, 2.05) is 30.3 Å². The molecule has 0 spiro atoms. The second kappa shape index (κ2) is 8.96. The van der Waals surface area contributed by atoms with Crippen molar-refractivity contribution in [1.82, 2.24) is 0 Å². The second-order valence-electron chi connectivity index (χ2n) is 7.43. The quantitative estimate of drug-likeness (QED) is 0.812. The Morgan fingerprint density at radius 3 is 2.41 bits per heavy atom. The summed E-state index contributed by atoms with van der Waals surface area (Å²) in [6.45, 7) is 0.940. The molecule has 2 N–H and O–H groups in total. The maximum absolute atomic E-state index is 13.5. The second-order valence-corrected chi connectivity index (χ2v) is 7.43. The molecule has 1 saturated heterocycles. The maximum Gasteiger partial charge on any atom is 0.154 e. The van der Waals surface area contributed by atoms with Gasteiger partial charge in [-0.25, -0.2) is 4.39 Å².